The van der Waals surface area contributed by atoms with Crippen molar-refractivity contribution in [2.24, 2.45) is 0 Å². The fourth-order valence-corrected chi connectivity index (χ4v) is 2.16. The number of aliphatic hydroxyl groups is 1. The van der Waals surface area contributed by atoms with Gasteiger partial charge in [-0.3, -0.25) is 0 Å². The molecule has 0 saturated carbocycles. The maximum absolute atomic E-state index is 9.59. The number of tetrazole rings is 1. The summed E-state index contributed by atoms with van der Waals surface area (Å²) in [6, 6.07) is 9.90. The average molecular weight is 232 g/mol. The zero-order chi connectivity index (χ0) is 11.7. The fraction of sp³-hybridized carbons (Fsp3) is 0.364. The number of hydrogen-bond donors (Lipinski definition) is 1. The molecule has 2 heterocycles. The third kappa shape index (κ3) is 1.45. The highest BCUT2D eigenvalue weighted by atomic mass is 16.6. The van der Waals surface area contributed by atoms with Crippen molar-refractivity contribution in [1.82, 2.24) is 20.2 Å². The van der Waals surface area contributed by atoms with Crippen molar-refractivity contribution in [3.63, 3.8) is 0 Å². The molecule has 2 aromatic rings. The van der Waals surface area contributed by atoms with Crippen molar-refractivity contribution in [2.75, 3.05) is 13.2 Å². The molecule has 0 aliphatic carbocycles. The highest BCUT2D eigenvalue weighted by Gasteiger charge is 2.52. The second-order valence-electron chi connectivity index (χ2n) is 4.00. The summed E-state index contributed by atoms with van der Waals surface area (Å²) in [4.78, 5) is 1.34. The molecule has 0 spiro atoms. The molecule has 88 valence electrons. The molecule has 1 N–H and O–H groups in total. The van der Waals surface area contributed by atoms with Crippen LogP contribution < -0.4 is 0 Å². The molecule has 0 bridgehead atoms. The fourth-order valence-electron chi connectivity index (χ4n) is 2.16. The number of nitrogens with zero attached hydrogens (tertiary/aromatic N) is 4. The number of ether oxygens (including phenoxy) is 1. The Balaban J connectivity index is 1.98. The molecule has 0 radical (unpaired) electrons. The van der Waals surface area contributed by atoms with E-state index >= 15 is 0 Å². The van der Waals surface area contributed by atoms with Gasteiger partial charge in [-0.15, -0.1) is 15.0 Å². The summed E-state index contributed by atoms with van der Waals surface area (Å²) < 4.78 is 5.53. The van der Waals surface area contributed by atoms with E-state index in [1.807, 2.05) is 30.3 Å². The van der Waals surface area contributed by atoms with Crippen LogP contribution in [0.15, 0.2) is 36.7 Å². The van der Waals surface area contributed by atoms with Gasteiger partial charge in [0.1, 0.15) is 0 Å². The zero-order valence-electron chi connectivity index (χ0n) is 9.10. The predicted molar refractivity (Wildman–Crippen MR) is 58.0 cm³/mol. The van der Waals surface area contributed by atoms with E-state index in [2.05, 4.69) is 15.4 Å². The van der Waals surface area contributed by atoms with Gasteiger partial charge in [0.25, 0.3) is 0 Å². The number of benzene rings is 1. The second kappa shape index (κ2) is 3.90. The Kier molecular flexibility index (Phi) is 2.38. The number of rotatable bonds is 3. The summed E-state index contributed by atoms with van der Waals surface area (Å²) in [6.07, 6.45) is 1.33. The quantitative estimate of drug-likeness (QED) is 0.814. The Bertz CT molecular complexity index is 483. The molecule has 1 saturated heterocycles. The first kappa shape index (κ1) is 10.4. The first-order valence-electron chi connectivity index (χ1n) is 5.40. The molecule has 6 nitrogen and oxygen atoms in total. The van der Waals surface area contributed by atoms with Crippen LogP contribution in [0, 0.1) is 0 Å². The Morgan fingerprint density at radius 2 is 2.24 bits per heavy atom. The van der Waals surface area contributed by atoms with Gasteiger partial charge in [0.05, 0.1) is 19.1 Å². The van der Waals surface area contributed by atoms with Crippen LogP contribution in [0.1, 0.15) is 11.5 Å². The lowest BCUT2D eigenvalue weighted by molar-refractivity contribution is -0.259. The van der Waals surface area contributed by atoms with E-state index in [-0.39, 0.29) is 12.5 Å². The van der Waals surface area contributed by atoms with Crippen molar-refractivity contribution in [3.05, 3.63) is 42.2 Å². The van der Waals surface area contributed by atoms with E-state index in [9.17, 15) is 5.11 Å². The minimum absolute atomic E-state index is 0.0444. The zero-order valence-corrected chi connectivity index (χ0v) is 9.10. The lowest BCUT2D eigenvalue weighted by Crippen LogP contribution is -2.57. The Morgan fingerprint density at radius 1 is 1.41 bits per heavy atom. The summed E-state index contributed by atoms with van der Waals surface area (Å²) in [5.41, 5.74) is 0.197. The Morgan fingerprint density at radius 3 is 2.76 bits per heavy atom. The maximum Gasteiger partial charge on any atom is 0.213 e. The standard InChI is InChI=1S/C11H12N4O2/c16-7-11(15-13-8-12-14-15)10(6-17-11)9-4-2-1-3-5-9/h1-5,8,10,16H,6-7H2/t10?,11-/m0/s1. The summed E-state index contributed by atoms with van der Waals surface area (Å²) in [7, 11) is 0. The molecule has 1 unspecified atom stereocenters. The minimum atomic E-state index is -0.905. The minimum Gasteiger partial charge on any atom is -0.391 e. The predicted octanol–water partition coefficient (Wildman–Crippen LogP) is 0.132. The van der Waals surface area contributed by atoms with Crippen molar-refractivity contribution in [1.29, 1.82) is 0 Å². The molecule has 1 aromatic carbocycles. The first-order chi connectivity index (χ1) is 8.37. The third-order valence-corrected chi connectivity index (χ3v) is 3.16. The molecular weight excluding hydrogens is 220 g/mol. The van der Waals surface area contributed by atoms with Crippen LogP contribution in [0.3, 0.4) is 0 Å². The van der Waals surface area contributed by atoms with Crippen LogP contribution >= 0.6 is 0 Å². The molecule has 1 aliphatic rings. The highest BCUT2D eigenvalue weighted by Crippen LogP contribution is 2.43. The molecule has 17 heavy (non-hydrogen) atoms. The monoisotopic (exact) mass is 232 g/mol. The molecule has 0 amide bonds. The van der Waals surface area contributed by atoms with Gasteiger partial charge in [-0.1, -0.05) is 30.3 Å². The van der Waals surface area contributed by atoms with Crippen LogP contribution in [-0.4, -0.2) is 38.5 Å². The largest absolute Gasteiger partial charge is 0.391 e. The van der Waals surface area contributed by atoms with Gasteiger partial charge >= 0.3 is 0 Å². The SMILES string of the molecule is OC[C@]1(n2ncnn2)OCC1c1ccccc1. The molecule has 6 heteroatoms. The molecule has 3 rings (SSSR count). The van der Waals surface area contributed by atoms with E-state index in [4.69, 9.17) is 4.74 Å². The van der Waals surface area contributed by atoms with Gasteiger partial charge in [-0.05, 0) is 10.8 Å². The van der Waals surface area contributed by atoms with Crippen LogP contribution in [-0.2, 0) is 10.5 Å². The highest BCUT2D eigenvalue weighted by molar-refractivity contribution is 5.24. The van der Waals surface area contributed by atoms with Crippen LogP contribution in [0.2, 0.25) is 0 Å². The van der Waals surface area contributed by atoms with E-state index in [0.29, 0.717) is 6.61 Å². The summed E-state index contributed by atoms with van der Waals surface area (Å²) in [5, 5.41) is 21.0. The van der Waals surface area contributed by atoms with Gasteiger partial charge in [-0.25, -0.2) is 0 Å². The number of aromatic nitrogens is 4. The van der Waals surface area contributed by atoms with E-state index in [1.165, 1.54) is 11.1 Å². The van der Waals surface area contributed by atoms with E-state index in [1.54, 1.807) is 0 Å². The molecular formula is C11H12N4O2. The number of aliphatic hydroxyl groups excluding tert-OH is 1. The molecule has 1 fully saturated rings. The van der Waals surface area contributed by atoms with Crippen molar-refractivity contribution in [3.8, 4) is 0 Å². The van der Waals surface area contributed by atoms with Gasteiger partial charge < -0.3 is 9.84 Å². The average Bonchev–Trinajstić information content (AvgIpc) is 2.85. The maximum atomic E-state index is 9.59. The Labute approximate surface area is 97.8 Å². The lowest BCUT2D eigenvalue weighted by atomic mass is 9.85. The summed E-state index contributed by atoms with van der Waals surface area (Å²) in [5.74, 6) is 0.0444. The topological polar surface area (TPSA) is 73.1 Å². The normalized spacial score (nSPS) is 27.7. The smallest absolute Gasteiger partial charge is 0.213 e. The third-order valence-electron chi connectivity index (χ3n) is 3.16. The molecule has 2 atom stereocenters. The van der Waals surface area contributed by atoms with E-state index in [0.717, 1.165) is 5.56 Å². The van der Waals surface area contributed by atoms with Gasteiger partial charge in [-0.2, -0.15) is 0 Å². The second-order valence-corrected chi connectivity index (χ2v) is 4.00. The van der Waals surface area contributed by atoms with Crippen LogP contribution in [0.4, 0.5) is 0 Å². The lowest BCUT2D eigenvalue weighted by Gasteiger charge is -2.46. The van der Waals surface area contributed by atoms with Crippen molar-refractivity contribution >= 4 is 0 Å². The molecule has 1 aromatic heterocycles. The molecule has 1 aliphatic heterocycles. The van der Waals surface area contributed by atoms with Gasteiger partial charge in [0.2, 0.25) is 5.72 Å². The number of hydrogen-bond acceptors (Lipinski definition) is 5. The summed E-state index contributed by atoms with van der Waals surface area (Å²) in [6.45, 7) is 0.370. The van der Waals surface area contributed by atoms with Gasteiger partial charge in [0.15, 0.2) is 6.33 Å². The van der Waals surface area contributed by atoms with Crippen molar-refractivity contribution < 1.29 is 9.84 Å². The first-order valence-corrected chi connectivity index (χ1v) is 5.40. The van der Waals surface area contributed by atoms with Crippen LogP contribution in [0.5, 0.6) is 0 Å². The van der Waals surface area contributed by atoms with Gasteiger partial charge in [0, 0.05) is 0 Å². The van der Waals surface area contributed by atoms with E-state index < -0.39 is 5.72 Å². The summed E-state index contributed by atoms with van der Waals surface area (Å²) >= 11 is 0. The Hall–Kier alpha value is -1.79. The van der Waals surface area contributed by atoms with Crippen LogP contribution in [0.25, 0.3) is 0 Å². The van der Waals surface area contributed by atoms with Crippen molar-refractivity contribution in [2.45, 2.75) is 11.6 Å².